The van der Waals surface area contributed by atoms with Crippen molar-refractivity contribution in [1.29, 1.82) is 0 Å². The molecule has 128 valence electrons. The van der Waals surface area contributed by atoms with Gasteiger partial charge in [0.15, 0.2) is 11.6 Å². The Hall–Kier alpha value is -1.34. The number of hydrogen-bond acceptors (Lipinski definition) is 3. The van der Waals surface area contributed by atoms with Crippen LogP contribution in [0, 0.1) is 11.6 Å². The second kappa shape index (κ2) is 7.97. The van der Waals surface area contributed by atoms with Gasteiger partial charge in [-0.15, -0.1) is 0 Å². The SMILES string of the molecule is CSC1(CNC(=O)N[C@@H](C)c2ccc(F)c(F)c2)CCOCC1. The van der Waals surface area contributed by atoms with Crippen LogP contribution in [0.1, 0.15) is 31.4 Å². The molecule has 1 aromatic rings. The molecule has 1 fully saturated rings. The minimum absolute atomic E-state index is 0.000805. The molecule has 0 saturated carbocycles. The van der Waals surface area contributed by atoms with Crippen molar-refractivity contribution in [3.05, 3.63) is 35.4 Å². The number of hydrogen-bond donors (Lipinski definition) is 2. The van der Waals surface area contributed by atoms with Gasteiger partial charge in [0.1, 0.15) is 0 Å². The maximum Gasteiger partial charge on any atom is 0.315 e. The van der Waals surface area contributed by atoms with Gasteiger partial charge in [-0.2, -0.15) is 11.8 Å². The Morgan fingerprint density at radius 2 is 2.04 bits per heavy atom. The predicted octanol–water partition coefficient (Wildman–Crippen LogP) is 3.24. The topological polar surface area (TPSA) is 50.4 Å². The Bertz CT molecular complexity index is 551. The first-order valence-electron chi connectivity index (χ1n) is 7.58. The summed E-state index contributed by atoms with van der Waals surface area (Å²) < 4.78 is 31.6. The van der Waals surface area contributed by atoms with Crippen molar-refractivity contribution in [2.75, 3.05) is 26.0 Å². The van der Waals surface area contributed by atoms with Crippen LogP contribution in [0.25, 0.3) is 0 Å². The lowest BCUT2D eigenvalue weighted by Crippen LogP contribution is -2.47. The Morgan fingerprint density at radius 1 is 1.35 bits per heavy atom. The zero-order valence-electron chi connectivity index (χ0n) is 13.3. The van der Waals surface area contributed by atoms with E-state index in [0.29, 0.717) is 25.3 Å². The van der Waals surface area contributed by atoms with Crippen LogP contribution < -0.4 is 10.6 Å². The molecular formula is C16H22F2N2O2S. The van der Waals surface area contributed by atoms with Crippen molar-refractivity contribution in [2.24, 2.45) is 0 Å². The highest BCUT2D eigenvalue weighted by Crippen LogP contribution is 2.32. The summed E-state index contributed by atoms with van der Waals surface area (Å²) in [6, 6.07) is 2.89. The Kier molecular flexibility index (Phi) is 6.24. The van der Waals surface area contributed by atoms with E-state index in [1.165, 1.54) is 6.07 Å². The molecular weight excluding hydrogens is 322 g/mol. The standard InChI is InChI=1S/C16H22F2N2O2S/c1-11(12-3-4-13(17)14(18)9-12)20-15(21)19-10-16(23-2)5-7-22-8-6-16/h3-4,9,11H,5-8,10H2,1-2H3,(H2,19,20,21)/t11-/m0/s1. The van der Waals surface area contributed by atoms with Crippen LogP contribution in [-0.2, 0) is 4.74 Å². The highest BCUT2D eigenvalue weighted by atomic mass is 32.2. The number of urea groups is 1. The van der Waals surface area contributed by atoms with Crippen LogP contribution in [0.5, 0.6) is 0 Å². The van der Waals surface area contributed by atoms with Gasteiger partial charge in [0, 0.05) is 24.5 Å². The number of carbonyl (C=O) groups excluding carboxylic acids is 1. The van der Waals surface area contributed by atoms with Crippen LogP contribution in [0.15, 0.2) is 18.2 Å². The van der Waals surface area contributed by atoms with Crippen molar-refractivity contribution in [1.82, 2.24) is 10.6 Å². The van der Waals surface area contributed by atoms with Crippen LogP contribution in [-0.4, -0.2) is 36.8 Å². The van der Waals surface area contributed by atoms with Crippen molar-refractivity contribution in [2.45, 2.75) is 30.6 Å². The summed E-state index contributed by atoms with van der Waals surface area (Å²) >= 11 is 1.74. The lowest BCUT2D eigenvalue weighted by molar-refractivity contribution is 0.0777. The molecule has 1 saturated heterocycles. The molecule has 0 spiro atoms. The number of benzene rings is 1. The van der Waals surface area contributed by atoms with E-state index in [1.807, 2.05) is 6.26 Å². The molecule has 1 aliphatic heterocycles. The maximum atomic E-state index is 13.2. The zero-order chi connectivity index (χ0) is 16.9. The second-order valence-corrected chi connectivity index (χ2v) is 7.00. The smallest absolute Gasteiger partial charge is 0.315 e. The highest BCUT2D eigenvalue weighted by molar-refractivity contribution is 8.00. The Labute approximate surface area is 139 Å². The molecule has 23 heavy (non-hydrogen) atoms. The van der Waals surface area contributed by atoms with Crippen molar-refractivity contribution in [3.63, 3.8) is 0 Å². The second-order valence-electron chi connectivity index (χ2n) is 5.72. The van der Waals surface area contributed by atoms with Gasteiger partial charge in [-0.3, -0.25) is 0 Å². The third-order valence-corrected chi connectivity index (χ3v) is 5.62. The average Bonchev–Trinajstić information content (AvgIpc) is 2.56. The van der Waals surface area contributed by atoms with Crippen LogP contribution in [0.2, 0.25) is 0 Å². The predicted molar refractivity (Wildman–Crippen MR) is 87.6 cm³/mol. The molecule has 7 heteroatoms. The first kappa shape index (κ1) is 18.0. The van der Waals surface area contributed by atoms with E-state index in [1.54, 1.807) is 18.7 Å². The molecule has 2 amide bonds. The summed E-state index contributed by atoms with van der Waals surface area (Å²) in [6.07, 6.45) is 3.83. The number of ether oxygens (including phenoxy) is 1. The van der Waals surface area contributed by atoms with Crippen molar-refractivity contribution >= 4 is 17.8 Å². The summed E-state index contributed by atoms with van der Waals surface area (Å²) in [4.78, 5) is 12.0. The summed E-state index contributed by atoms with van der Waals surface area (Å²) in [5, 5.41) is 5.62. The molecule has 0 aliphatic carbocycles. The van der Waals surface area contributed by atoms with Gasteiger partial charge in [0.05, 0.1) is 6.04 Å². The molecule has 2 N–H and O–H groups in total. The summed E-state index contributed by atoms with van der Waals surface area (Å²) in [7, 11) is 0. The molecule has 2 rings (SSSR count). The summed E-state index contributed by atoms with van der Waals surface area (Å²) in [5.41, 5.74) is 0.518. The molecule has 0 radical (unpaired) electrons. The molecule has 0 bridgehead atoms. The van der Waals surface area contributed by atoms with Gasteiger partial charge >= 0.3 is 6.03 Å². The molecule has 1 atom stereocenters. The van der Waals surface area contributed by atoms with Gasteiger partial charge in [-0.25, -0.2) is 13.6 Å². The number of rotatable bonds is 5. The first-order valence-corrected chi connectivity index (χ1v) is 8.80. The van der Waals surface area contributed by atoms with Gasteiger partial charge in [-0.1, -0.05) is 6.07 Å². The van der Waals surface area contributed by atoms with E-state index in [0.717, 1.165) is 25.0 Å². The van der Waals surface area contributed by atoms with Gasteiger partial charge in [0.2, 0.25) is 0 Å². The quantitative estimate of drug-likeness (QED) is 0.862. The van der Waals surface area contributed by atoms with E-state index >= 15 is 0 Å². The van der Waals surface area contributed by atoms with Crippen LogP contribution in [0.4, 0.5) is 13.6 Å². The normalized spacial score (nSPS) is 18.3. The fraction of sp³-hybridized carbons (Fsp3) is 0.562. The first-order chi connectivity index (χ1) is 11.0. The van der Waals surface area contributed by atoms with Gasteiger partial charge in [0.25, 0.3) is 0 Å². The lowest BCUT2D eigenvalue weighted by atomic mass is 9.99. The van der Waals surface area contributed by atoms with E-state index in [2.05, 4.69) is 10.6 Å². The van der Waals surface area contributed by atoms with E-state index in [9.17, 15) is 13.6 Å². The molecule has 1 aromatic carbocycles. The van der Waals surface area contributed by atoms with Crippen molar-refractivity contribution < 1.29 is 18.3 Å². The minimum Gasteiger partial charge on any atom is -0.381 e. The molecule has 1 aliphatic rings. The number of carbonyl (C=O) groups is 1. The van der Waals surface area contributed by atoms with Crippen LogP contribution in [0.3, 0.4) is 0 Å². The summed E-state index contributed by atoms with van der Waals surface area (Å²) in [6.45, 7) is 3.68. The largest absolute Gasteiger partial charge is 0.381 e. The highest BCUT2D eigenvalue weighted by Gasteiger charge is 2.32. The monoisotopic (exact) mass is 344 g/mol. The number of nitrogens with one attached hydrogen (secondary N) is 2. The molecule has 0 unspecified atom stereocenters. The average molecular weight is 344 g/mol. The lowest BCUT2D eigenvalue weighted by Gasteiger charge is -2.35. The number of halogens is 2. The fourth-order valence-electron chi connectivity index (χ4n) is 2.55. The van der Waals surface area contributed by atoms with Gasteiger partial charge in [-0.05, 0) is 43.7 Å². The third-order valence-electron chi connectivity index (χ3n) is 4.20. The molecule has 4 nitrogen and oxygen atoms in total. The van der Waals surface area contributed by atoms with Crippen molar-refractivity contribution in [3.8, 4) is 0 Å². The number of amides is 2. The summed E-state index contributed by atoms with van der Waals surface area (Å²) in [5.74, 6) is -1.81. The number of thioether (sulfide) groups is 1. The third kappa shape index (κ3) is 4.81. The Morgan fingerprint density at radius 3 is 2.65 bits per heavy atom. The van der Waals surface area contributed by atoms with E-state index in [-0.39, 0.29) is 10.8 Å². The zero-order valence-corrected chi connectivity index (χ0v) is 14.1. The fourth-order valence-corrected chi connectivity index (χ4v) is 3.34. The molecule has 1 heterocycles. The van der Waals surface area contributed by atoms with Gasteiger partial charge < -0.3 is 15.4 Å². The minimum atomic E-state index is -0.917. The van der Waals surface area contributed by atoms with E-state index < -0.39 is 17.7 Å². The van der Waals surface area contributed by atoms with E-state index in [4.69, 9.17) is 4.74 Å². The maximum absolute atomic E-state index is 13.2. The molecule has 0 aromatic heterocycles. The van der Waals surface area contributed by atoms with Crippen LogP contribution >= 0.6 is 11.8 Å². The Balaban J connectivity index is 1.87.